The number of amides is 1. The highest BCUT2D eigenvalue weighted by Gasteiger charge is 2.25. The van der Waals surface area contributed by atoms with Crippen LogP contribution in [0.5, 0.6) is 17.4 Å². The van der Waals surface area contributed by atoms with E-state index < -0.39 is 0 Å². The first kappa shape index (κ1) is 18.0. The fourth-order valence-corrected chi connectivity index (χ4v) is 2.95. The van der Waals surface area contributed by atoms with Gasteiger partial charge in [0.25, 0.3) is 5.91 Å². The molecule has 1 aliphatic rings. The molecule has 1 aromatic heterocycles. The summed E-state index contributed by atoms with van der Waals surface area (Å²) in [6.45, 7) is 3.16. The highest BCUT2D eigenvalue weighted by Crippen LogP contribution is 2.28. The molecule has 7 nitrogen and oxygen atoms in total. The minimum absolute atomic E-state index is 0.0143. The minimum Gasteiger partial charge on any atom is -0.493 e. The average Bonchev–Trinajstić information content (AvgIpc) is 2.69. The smallest absolute Gasteiger partial charge is 0.253 e. The summed E-state index contributed by atoms with van der Waals surface area (Å²) in [6, 6.07) is 8.92. The highest BCUT2D eigenvalue weighted by molar-refractivity contribution is 5.95. The molecule has 2 aromatic rings. The van der Waals surface area contributed by atoms with Crippen molar-refractivity contribution in [2.24, 2.45) is 0 Å². The number of likely N-dealkylation sites (tertiary alicyclic amines) is 1. The molecule has 1 aliphatic heterocycles. The molecular formula is C19H23N3O4. The molecule has 138 valence electrons. The van der Waals surface area contributed by atoms with Crippen molar-refractivity contribution in [1.29, 1.82) is 0 Å². The molecule has 1 saturated heterocycles. The van der Waals surface area contributed by atoms with E-state index in [2.05, 4.69) is 10.2 Å². The summed E-state index contributed by atoms with van der Waals surface area (Å²) >= 11 is 0. The van der Waals surface area contributed by atoms with Crippen molar-refractivity contribution in [1.82, 2.24) is 15.1 Å². The van der Waals surface area contributed by atoms with Crippen LogP contribution in [0.3, 0.4) is 0 Å². The van der Waals surface area contributed by atoms with Crippen molar-refractivity contribution in [3.63, 3.8) is 0 Å². The third kappa shape index (κ3) is 4.04. The van der Waals surface area contributed by atoms with Crippen molar-refractivity contribution in [2.75, 3.05) is 27.3 Å². The van der Waals surface area contributed by atoms with Gasteiger partial charge in [-0.05, 0) is 31.2 Å². The van der Waals surface area contributed by atoms with Crippen LogP contribution in [0.2, 0.25) is 0 Å². The zero-order valence-corrected chi connectivity index (χ0v) is 15.3. The van der Waals surface area contributed by atoms with Gasteiger partial charge in [0.2, 0.25) is 5.88 Å². The second-order valence-corrected chi connectivity index (χ2v) is 6.19. The first-order chi connectivity index (χ1) is 12.6. The largest absolute Gasteiger partial charge is 0.493 e. The number of aromatic nitrogens is 2. The standard InChI is InChI=1S/C19H23N3O4/c1-13-4-7-18(21-20-13)26-15-8-10-22(11-9-15)19(23)14-5-6-16(24-2)17(12-14)25-3/h4-7,12,15H,8-11H2,1-3H3. The van der Waals surface area contributed by atoms with Gasteiger partial charge in [-0.1, -0.05) is 0 Å². The fourth-order valence-electron chi connectivity index (χ4n) is 2.95. The van der Waals surface area contributed by atoms with Crippen LogP contribution in [0.4, 0.5) is 0 Å². The Morgan fingerprint density at radius 1 is 1.04 bits per heavy atom. The van der Waals surface area contributed by atoms with E-state index in [4.69, 9.17) is 14.2 Å². The Bertz CT molecular complexity index is 756. The lowest BCUT2D eigenvalue weighted by Crippen LogP contribution is -2.41. The summed E-state index contributed by atoms with van der Waals surface area (Å²) in [4.78, 5) is 14.6. The normalized spacial score (nSPS) is 14.8. The second kappa shape index (κ2) is 8.03. The van der Waals surface area contributed by atoms with Crippen LogP contribution in [0, 0.1) is 6.92 Å². The number of nitrogens with zero attached hydrogens (tertiary/aromatic N) is 3. The van der Waals surface area contributed by atoms with Gasteiger partial charge in [-0.3, -0.25) is 4.79 Å². The molecule has 0 radical (unpaired) electrons. The lowest BCUT2D eigenvalue weighted by atomic mass is 10.1. The fraction of sp³-hybridized carbons (Fsp3) is 0.421. The van der Waals surface area contributed by atoms with Crippen LogP contribution in [0.25, 0.3) is 0 Å². The molecule has 0 unspecified atom stereocenters. The predicted octanol–water partition coefficient (Wildman–Crippen LogP) is 2.49. The molecule has 0 bridgehead atoms. The number of hydrogen-bond donors (Lipinski definition) is 0. The van der Waals surface area contributed by atoms with Crippen LogP contribution in [-0.4, -0.2) is 54.4 Å². The quantitative estimate of drug-likeness (QED) is 0.818. The van der Waals surface area contributed by atoms with Crippen molar-refractivity contribution < 1.29 is 19.0 Å². The Balaban J connectivity index is 1.59. The molecule has 1 fully saturated rings. The van der Waals surface area contributed by atoms with E-state index >= 15 is 0 Å². The van der Waals surface area contributed by atoms with E-state index in [1.165, 1.54) is 0 Å². The van der Waals surface area contributed by atoms with E-state index in [0.717, 1.165) is 18.5 Å². The first-order valence-electron chi connectivity index (χ1n) is 8.59. The average molecular weight is 357 g/mol. The van der Waals surface area contributed by atoms with Gasteiger partial charge in [-0.15, -0.1) is 5.10 Å². The zero-order chi connectivity index (χ0) is 18.5. The zero-order valence-electron chi connectivity index (χ0n) is 15.3. The van der Waals surface area contributed by atoms with E-state index in [1.807, 2.05) is 24.0 Å². The van der Waals surface area contributed by atoms with Gasteiger partial charge >= 0.3 is 0 Å². The van der Waals surface area contributed by atoms with Crippen molar-refractivity contribution in [3.8, 4) is 17.4 Å². The molecule has 1 aromatic carbocycles. The maximum Gasteiger partial charge on any atom is 0.253 e. The van der Waals surface area contributed by atoms with Gasteiger partial charge in [0, 0.05) is 37.6 Å². The number of ether oxygens (including phenoxy) is 3. The Hall–Kier alpha value is -2.83. The third-order valence-corrected chi connectivity index (χ3v) is 4.42. The van der Waals surface area contributed by atoms with Crippen molar-refractivity contribution >= 4 is 5.91 Å². The third-order valence-electron chi connectivity index (χ3n) is 4.42. The van der Waals surface area contributed by atoms with Crippen LogP contribution >= 0.6 is 0 Å². The Morgan fingerprint density at radius 3 is 2.38 bits per heavy atom. The molecule has 26 heavy (non-hydrogen) atoms. The van der Waals surface area contributed by atoms with Crippen LogP contribution in [-0.2, 0) is 0 Å². The number of hydrogen-bond acceptors (Lipinski definition) is 6. The molecular weight excluding hydrogens is 334 g/mol. The highest BCUT2D eigenvalue weighted by atomic mass is 16.5. The van der Waals surface area contributed by atoms with Crippen molar-refractivity contribution in [2.45, 2.75) is 25.9 Å². The number of piperidine rings is 1. The lowest BCUT2D eigenvalue weighted by Gasteiger charge is -2.32. The molecule has 1 amide bonds. The Kier molecular flexibility index (Phi) is 5.55. The van der Waals surface area contributed by atoms with Gasteiger partial charge in [0.1, 0.15) is 6.10 Å². The lowest BCUT2D eigenvalue weighted by molar-refractivity contribution is 0.0585. The molecule has 3 rings (SSSR count). The van der Waals surface area contributed by atoms with E-state index in [1.54, 1.807) is 32.4 Å². The van der Waals surface area contributed by atoms with Gasteiger partial charge in [-0.2, -0.15) is 5.10 Å². The van der Waals surface area contributed by atoms with Gasteiger partial charge < -0.3 is 19.1 Å². The second-order valence-electron chi connectivity index (χ2n) is 6.19. The molecule has 0 aliphatic carbocycles. The molecule has 7 heteroatoms. The van der Waals surface area contributed by atoms with E-state index in [-0.39, 0.29) is 12.0 Å². The van der Waals surface area contributed by atoms with E-state index in [0.29, 0.717) is 36.0 Å². The maximum atomic E-state index is 12.7. The van der Waals surface area contributed by atoms with Crippen LogP contribution in [0.15, 0.2) is 30.3 Å². The minimum atomic E-state index is -0.0143. The van der Waals surface area contributed by atoms with Crippen LogP contribution in [0.1, 0.15) is 28.9 Å². The number of aryl methyl sites for hydroxylation is 1. The van der Waals surface area contributed by atoms with Gasteiger partial charge in [0.15, 0.2) is 11.5 Å². The number of methoxy groups -OCH3 is 2. The summed E-state index contributed by atoms with van der Waals surface area (Å²) in [5, 5.41) is 8.03. The molecule has 0 spiro atoms. The SMILES string of the molecule is COc1ccc(C(=O)N2CCC(Oc3ccc(C)nn3)CC2)cc1OC. The maximum absolute atomic E-state index is 12.7. The first-order valence-corrected chi connectivity index (χ1v) is 8.59. The summed E-state index contributed by atoms with van der Waals surface area (Å²) < 4.78 is 16.4. The number of carbonyl (C=O) groups excluding carboxylic acids is 1. The predicted molar refractivity (Wildman–Crippen MR) is 95.9 cm³/mol. The van der Waals surface area contributed by atoms with Gasteiger partial charge in [-0.25, -0.2) is 0 Å². The van der Waals surface area contributed by atoms with Gasteiger partial charge in [0.05, 0.1) is 19.9 Å². The topological polar surface area (TPSA) is 73.8 Å². The van der Waals surface area contributed by atoms with Crippen molar-refractivity contribution in [3.05, 3.63) is 41.6 Å². The number of rotatable bonds is 5. The monoisotopic (exact) mass is 357 g/mol. The number of benzene rings is 1. The molecule has 2 heterocycles. The summed E-state index contributed by atoms with van der Waals surface area (Å²) in [6.07, 6.45) is 1.56. The summed E-state index contributed by atoms with van der Waals surface area (Å²) in [5.41, 5.74) is 1.44. The Labute approximate surface area is 152 Å². The van der Waals surface area contributed by atoms with Crippen LogP contribution < -0.4 is 14.2 Å². The summed E-state index contributed by atoms with van der Waals surface area (Å²) in [5.74, 6) is 1.67. The number of carbonyl (C=O) groups is 1. The molecule has 0 N–H and O–H groups in total. The Morgan fingerprint density at radius 2 is 1.77 bits per heavy atom. The molecule has 0 saturated carbocycles. The summed E-state index contributed by atoms with van der Waals surface area (Å²) in [7, 11) is 3.13. The van der Waals surface area contributed by atoms with E-state index in [9.17, 15) is 4.79 Å². The molecule has 0 atom stereocenters.